The number of fused-ring (bicyclic) bond motifs is 1. The van der Waals surface area contributed by atoms with Crippen molar-refractivity contribution in [2.45, 2.75) is 32.7 Å². The fraction of sp³-hybridized carbons (Fsp3) is 0.217. The van der Waals surface area contributed by atoms with Crippen LogP contribution in [0.5, 0.6) is 0 Å². The van der Waals surface area contributed by atoms with Crippen molar-refractivity contribution in [1.29, 1.82) is 0 Å². The summed E-state index contributed by atoms with van der Waals surface area (Å²) < 4.78 is 15.9. The third-order valence-electron chi connectivity index (χ3n) is 5.87. The Labute approximate surface area is 195 Å². The normalized spacial score (nSPS) is 12.0. The number of hydrogen-bond acceptors (Lipinski definition) is 5. The minimum absolute atomic E-state index is 0.0579. The van der Waals surface area contributed by atoms with E-state index in [4.69, 9.17) is 0 Å². The van der Waals surface area contributed by atoms with Gasteiger partial charge in [-0.1, -0.05) is 37.6 Å². The van der Waals surface area contributed by atoms with Gasteiger partial charge in [0.05, 0.1) is 23.9 Å². The van der Waals surface area contributed by atoms with Gasteiger partial charge >= 0.3 is 7.60 Å². The summed E-state index contributed by atoms with van der Waals surface area (Å²) in [6.45, 7) is 2.39. The van der Waals surface area contributed by atoms with Gasteiger partial charge in [-0.05, 0) is 41.5 Å². The van der Waals surface area contributed by atoms with Crippen LogP contribution in [-0.4, -0.2) is 44.5 Å². The molecule has 3 heterocycles. The molecule has 3 N–H and O–H groups in total. The van der Waals surface area contributed by atoms with Gasteiger partial charge in [0.1, 0.15) is 5.82 Å². The number of aromatic amines is 1. The van der Waals surface area contributed by atoms with Gasteiger partial charge in [0.25, 0.3) is 0 Å². The Hall–Kier alpha value is -3.59. The van der Waals surface area contributed by atoms with Crippen LogP contribution in [0.3, 0.4) is 0 Å². The fourth-order valence-corrected chi connectivity index (χ4v) is 4.95. The van der Waals surface area contributed by atoms with Gasteiger partial charge in [0, 0.05) is 23.6 Å². The predicted molar refractivity (Wildman–Crippen MR) is 128 cm³/mol. The third kappa shape index (κ3) is 4.07. The molecule has 2 aromatic carbocycles. The number of rotatable bonds is 8. The number of unbranched alkanes of at least 4 members (excludes halogenated alkanes) is 1. The van der Waals surface area contributed by atoms with E-state index in [2.05, 4.69) is 37.1 Å². The van der Waals surface area contributed by atoms with E-state index in [0.29, 0.717) is 24.6 Å². The minimum Gasteiger partial charge on any atom is -0.320 e. The zero-order valence-electron chi connectivity index (χ0n) is 18.5. The number of para-hydroxylation sites is 1. The number of imidazole rings is 1. The summed E-state index contributed by atoms with van der Waals surface area (Å²) in [5, 5.41) is 15.4. The lowest BCUT2D eigenvalue weighted by molar-refractivity contribution is 0.384. The van der Waals surface area contributed by atoms with E-state index in [1.807, 2.05) is 54.7 Å². The lowest BCUT2D eigenvalue weighted by Crippen LogP contribution is -2.20. The lowest BCUT2D eigenvalue weighted by atomic mass is 10.1. The van der Waals surface area contributed by atoms with Gasteiger partial charge in [-0.15, -0.1) is 10.2 Å². The van der Waals surface area contributed by atoms with Crippen molar-refractivity contribution in [2.75, 3.05) is 0 Å². The molecule has 10 nitrogen and oxygen atoms in total. The highest BCUT2D eigenvalue weighted by Gasteiger charge is 2.25. The Morgan fingerprint density at radius 1 is 1.09 bits per heavy atom. The molecule has 0 bridgehead atoms. The molecule has 5 rings (SSSR count). The van der Waals surface area contributed by atoms with Gasteiger partial charge < -0.3 is 18.9 Å². The van der Waals surface area contributed by atoms with Gasteiger partial charge in [-0.2, -0.15) is 5.21 Å². The Bertz CT molecular complexity index is 1480. The van der Waals surface area contributed by atoms with Crippen LogP contribution in [0.4, 0.5) is 0 Å². The van der Waals surface area contributed by atoms with Crippen molar-refractivity contribution in [2.24, 2.45) is 0 Å². The Kier molecular flexibility index (Phi) is 5.87. The molecule has 0 saturated heterocycles. The number of tetrazole rings is 1. The molecular weight excluding hydrogens is 453 g/mol. The van der Waals surface area contributed by atoms with E-state index >= 15 is 0 Å². The largest absolute Gasteiger partial charge is 0.374 e. The van der Waals surface area contributed by atoms with Crippen molar-refractivity contribution in [3.63, 3.8) is 0 Å². The van der Waals surface area contributed by atoms with E-state index < -0.39 is 7.60 Å². The number of nitrogens with one attached hydrogen (secondary N) is 1. The van der Waals surface area contributed by atoms with Crippen LogP contribution in [0.25, 0.3) is 28.0 Å². The summed E-state index contributed by atoms with van der Waals surface area (Å²) in [6, 6.07) is 15.8. The van der Waals surface area contributed by atoms with Crippen LogP contribution in [0.15, 0.2) is 60.9 Å². The summed E-state index contributed by atoms with van der Waals surface area (Å²) >= 11 is 0. The molecule has 0 aliphatic rings. The van der Waals surface area contributed by atoms with Crippen LogP contribution in [0.1, 0.15) is 31.2 Å². The fourth-order valence-electron chi connectivity index (χ4n) is 4.24. The molecule has 3 aromatic heterocycles. The summed E-state index contributed by atoms with van der Waals surface area (Å²) in [4.78, 5) is 24.1. The zero-order chi connectivity index (χ0) is 23.7. The summed E-state index contributed by atoms with van der Waals surface area (Å²) in [7, 11) is -4.47. The second-order valence-electron chi connectivity index (χ2n) is 8.05. The molecule has 0 amide bonds. The Morgan fingerprint density at radius 2 is 1.94 bits per heavy atom. The molecule has 0 fully saturated rings. The average molecular weight is 477 g/mol. The standard InChI is InChI=1S/C23H24N7O3P/c1-2-3-11-21-24-14-22(34(31,32)33)30(21)15-16-7-6-10-19-17(16)12-13-29(19)20-9-5-4-8-18(20)23-25-27-28-26-23/h4-10,12-14H,2-3,11,15H2,1H3,(H2,31,32,33)(H,25,26,27,28). The van der Waals surface area contributed by atoms with Crippen LogP contribution in [-0.2, 0) is 17.5 Å². The second kappa shape index (κ2) is 8.98. The molecule has 0 aliphatic heterocycles. The summed E-state index contributed by atoms with van der Waals surface area (Å²) in [6.07, 6.45) is 5.80. The minimum atomic E-state index is -4.47. The molecule has 0 saturated carbocycles. The summed E-state index contributed by atoms with van der Waals surface area (Å²) in [5.74, 6) is 1.18. The number of benzene rings is 2. The number of aromatic nitrogens is 7. The molecule has 174 valence electrons. The average Bonchev–Trinajstić information content (AvgIpc) is 3.57. The van der Waals surface area contributed by atoms with Crippen molar-refractivity contribution < 1.29 is 14.4 Å². The summed E-state index contributed by atoms with van der Waals surface area (Å²) in [5.41, 5.74) is 3.58. The van der Waals surface area contributed by atoms with Gasteiger partial charge in [-0.25, -0.2) is 4.98 Å². The van der Waals surface area contributed by atoms with Crippen molar-refractivity contribution in [1.82, 2.24) is 34.7 Å². The first-order valence-electron chi connectivity index (χ1n) is 11.0. The van der Waals surface area contributed by atoms with E-state index in [1.165, 1.54) is 6.20 Å². The molecule has 0 radical (unpaired) electrons. The van der Waals surface area contributed by atoms with Gasteiger partial charge in [0.2, 0.25) is 5.82 Å². The van der Waals surface area contributed by atoms with Crippen LogP contribution in [0, 0.1) is 0 Å². The zero-order valence-corrected chi connectivity index (χ0v) is 19.4. The van der Waals surface area contributed by atoms with Gasteiger partial charge in [0.15, 0.2) is 5.44 Å². The first-order valence-corrected chi connectivity index (χ1v) is 12.6. The molecule has 0 atom stereocenters. The van der Waals surface area contributed by atoms with Crippen LogP contribution < -0.4 is 5.44 Å². The molecule has 34 heavy (non-hydrogen) atoms. The highest BCUT2D eigenvalue weighted by atomic mass is 31.2. The van der Waals surface area contributed by atoms with Crippen molar-refractivity contribution in [3.05, 3.63) is 72.3 Å². The quantitative estimate of drug-likeness (QED) is 0.292. The SMILES string of the molecule is CCCCc1ncc(P(=O)(O)O)n1Cc1cccc2c1ccn2-c1ccccc1-c1nn[nH]n1. The lowest BCUT2D eigenvalue weighted by Gasteiger charge is -2.14. The highest BCUT2D eigenvalue weighted by molar-refractivity contribution is 7.60. The van der Waals surface area contributed by atoms with E-state index in [-0.39, 0.29) is 5.44 Å². The maximum Gasteiger partial charge on any atom is 0.374 e. The van der Waals surface area contributed by atoms with E-state index in [9.17, 15) is 14.4 Å². The van der Waals surface area contributed by atoms with E-state index in [0.717, 1.165) is 40.6 Å². The highest BCUT2D eigenvalue weighted by Crippen LogP contribution is 2.35. The van der Waals surface area contributed by atoms with Crippen molar-refractivity contribution >= 4 is 23.9 Å². The Morgan fingerprint density at radius 3 is 2.71 bits per heavy atom. The molecule has 11 heteroatoms. The maximum absolute atomic E-state index is 12.1. The first kappa shape index (κ1) is 22.2. The topological polar surface area (TPSA) is 135 Å². The number of nitrogens with zero attached hydrogens (tertiary/aromatic N) is 6. The maximum atomic E-state index is 12.1. The van der Waals surface area contributed by atoms with Gasteiger partial charge in [-0.3, -0.25) is 4.57 Å². The number of aryl methyl sites for hydroxylation is 1. The number of H-pyrrole nitrogens is 1. The van der Waals surface area contributed by atoms with Crippen molar-refractivity contribution in [3.8, 4) is 17.1 Å². The smallest absolute Gasteiger partial charge is 0.320 e. The molecule has 5 aromatic rings. The molecule has 0 spiro atoms. The molecule has 0 aliphatic carbocycles. The number of hydrogen-bond donors (Lipinski definition) is 3. The van der Waals surface area contributed by atoms with Crippen LogP contribution >= 0.6 is 7.60 Å². The second-order valence-corrected chi connectivity index (χ2v) is 9.60. The third-order valence-corrected chi connectivity index (χ3v) is 6.82. The predicted octanol–water partition coefficient (Wildman–Crippen LogP) is 3.20. The Balaban J connectivity index is 1.60. The molecular formula is C23H24N7O3P. The first-order chi connectivity index (χ1) is 16.5. The van der Waals surface area contributed by atoms with E-state index in [1.54, 1.807) is 4.57 Å². The monoisotopic (exact) mass is 477 g/mol. The van der Waals surface area contributed by atoms with Crippen LogP contribution in [0.2, 0.25) is 0 Å². The molecule has 0 unspecified atom stereocenters.